The van der Waals surface area contributed by atoms with Crippen molar-refractivity contribution >= 4 is 36.0 Å². The smallest absolute Gasteiger partial charge is 0.228 e. The minimum absolute atomic E-state index is 0.143. The second kappa shape index (κ2) is 12.0. The van der Waals surface area contributed by atoms with Crippen molar-refractivity contribution in [2.45, 2.75) is 38.8 Å². The number of aliphatic hydroxyl groups excluding tert-OH is 1. The number of benzene rings is 3. The molecule has 5 rings (SSSR count). The lowest BCUT2D eigenvalue weighted by atomic mass is 9.92. The fourth-order valence-corrected chi connectivity index (χ4v) is 4.96. The van der Waals surface area contributed by atoms with E-state index in [1.54, 1.807) is 17.9 Å². The molecule has 8 nitrogen and oxygen atoms in total. The second-order valence-electron chi connectivity index (χ2n) is 10.1. The van der Waals surface area contributed by atoms with Gasteiger partial charge in [-0.2, -0.15) is 5.10 Å². The molecule has 3 atom stereocenters. The summed E-state index contributed by atoms with van der Waals surface area (Å²) in [6.45, 7) is 3.60. The average Bonchev–Trinajstić information content (AvgIpc) is 3.27. The molecule has 4 aromatic rings. The SMILES string of the molecule is Cc1cc(NC(=O)[C@H](C)C[C@H](O)[C@H](Cc2ccccc2)N(C=O)c2cccc3c2C=Cc2ccccc2O3)n[nH]1. The van der Waals surface area contributed by atoms with Gasteiger partial charge in [0.05, 0.1) is 17.8 Å². The standard InChI is InChI=1S/C32H32N4O4/c1-21(32(39)33-31-18-22(2)34-35-31)17-28(38)27(19-23-9-4-3-5-10-23)36(20-37)26-12-8-14-30-25(26)16-15-24-11-6-7-13-29(24)40-30/h3-16,18,20-21,27-28,38H,17,19H2,1-2H3,(H2,33,34,35,39)/t21-,27+,28+/m1/s1. The molecule has 1 aromatic heterocycles. The van der Waals surface area contributed by atoms with Gasteiger partial charge in [-0.1, -0.05) is 67.6 Å². The number of ether oxygens (including phenoxy) is 1. The van der Waals surface area contributed by atoms with Crippen molar-refractivity contribution in [2.24, 2.45) is 5.92 Å². The number of hydrogen-bond acceptors (Lipinski definition) is 5. The quantitative estimate of drug-likeness (QED) is 0.202. The van der Waals surface area contributed by atoms with Gasteiger partial charge < -0.3 is 20.1 Å². The van der Waals surface area contributed by atoms with Gasteiger partial charge in [0.2, 0.25) is 12.3 Å². The van der Waals surface area contributed by atoms with Gasteiger partial charge in [0.1, 0.15) is 11.5 Å². The number of aromatic nitrogens is 2. The van der Waals surface area contributed by atoms with Crippen molar-refractivity contribution in [1.29, 1.82) is 0 Å². The van der Waals surface area contributed by atoms with Gasteiger partial charge in [-0.15, -0.1) is 0 Å². The summed E-state index contributed by atoms with van der Waals surface area (Å²) >= 11 is 0. The molecule has 1 aliphatic rings. The van der Waals surface area contributed by atoms with Gasteiger partial charge in [0.15, 0.2) is 5.82 Å². The summed E-state index contributed by atoms with van der Waals surface area (Å²) in [5.74, 6) is 0.966. The van der Waals surface area contributed by atoms with Crippen molar-refractivity contribution in [3.05, 3.63) is 101 Å². The number of rotatable bonds is 10. The molecule has 0 radical (unpaired) electrons. The van der Waals surface area contributed by atoms with E-state index in [2.05, 4.69) is 15.5 Å². The summed E-state index contributed by atoms with van der Waals surface area (Å²) in [5, 5.41) is 21.2. The number of para-hydroxylation sites is 1. The Bertz CT molecular complexity index is 1510. The average molecular weight is 537 g/mol. The van der Waals surface area contributed by atoms with Crippen molar-refractivity contribution in [2.75, 3.05) is 10.2 Å². The highest BCUT2D eigenvalue weighted by atomic mass is 16.5. The van der Waals surface area contributed by atoms with Crippen LogP contribution >= 0.6 is 0 Å². The van der Waals surface area contributed by atoms with Crippen LogP contribution in [-0.2, 0) is 16.0 Å². The zero-order valence-corrected chi connectivity index (χ0v) is 22.5. The van der Waals surface area contributed by atoms with Crippen LogP contribution in [0.25, 0.3) is 12.2 Å². The molecule has 1 aliphatic heterocycles. The maximum atomic E-state index is 12.9. The van der Waals surface area contributed by atoms with Crippen LogP contribution in [0, 0.1) is 12.8 Å². The number of aromatic amines is 1. The summed E-state index contributed by atoms with van der Waals surface area (Å²) in [6, 6.07) is 24.1. The molecular weight excluding hydrogens is 504 g/mol. The first kappa shape index (κ1) is 26.9. The van der Waals surface area contributed by atoms with E-state index >= 15 is 0 Å². The third-order valence-electron chi connectivity index (χ3n) is 7.09. The number of anilines is 2. The summed E-state index contributed by atoms with van der Waals surface area (Å²) in [7, 11) is 0. The van der Waals surface area contributed by atoms with E-state index in [4.69, 9.17) is 4.74 Å². The Kier molecular flexibility index (Phi) is 8.07. The first-order chi connectivity index (χ1) is 19.4. The zero-order valence-electron chi connectivity index (χ0n) is 22.5. The number of fused-ring (bicyclic) bond motifs is 2. The highest BCUT2D eigenvalue weighted by Crippen LogP contribution is 2.39. The third-order valence-corrected chi connectivity index (χ3v) is 7.09. The molecule has 8 heteroatoms. The lowest BCUT2D eigenvalue weighted by molar-refractivity contribution is -0.120. The van der Waals surface area contributed by atoms with Crippen LogP contribution in [0.2, 0.25) is 0 Å². The van der Waals surface area contributed by atoms with Crippen molar-refractivity contribution in [3.8, 4) is 11.5 Å². The van der Waals surface area contributed by atoms with Gasteiger partial charge in [-0.3, -0.25) is 14.7 Å². The lowest BCUT2D eigenvalue weighted by Crippen LogP contribution is -2.46. The molecule has 0 unspecified atom stereocenters. The molecule has 3 N–H and O–H groups in total. The van der Waals surface area contributed by atoms with Gasteiger partial charge in [-0.25, -0.2) is 0 Å². The Hall–Kier alpha value is -4.69. The number of carbonyl (C=O) groups is 2. The van der Waals surface area contributed by atoms with Crippen LogP contribution in [0.4, 0.5) is 11.5 Å². The van der Waals surface area contributed by atoms with Crippen LogP contribution in [0.1, 0.15) is 35.7 Å². The van der Waals surface area contributed by atoms with Gasteiger partial charge >= 0.3 is 0 Å². The van der Waals surface area contributed by atoms with Crippen molar-refractivity contribution < 1.29 is 19.4 Å². The Morgan fingerprint density at radius 2 is 1.80 bits per heavy atom. The van der Waals surface area contributed by atoms with Crippen molar-refractivity contribution in [3.63, 3.8) is 0 Å². The van der Waals surface area contributed by atoms with E-state index in [1.165, 1.54) is 0 Å². The largest absolute Gasteiger partial charge is 0.456 e. The van der Waals surface area contributed by atoms with Crippen molar-refractivity contribution in [1.82, 2.24) is 10.2 Å². The zero-order chi connectivity index (χ0) is 28.1. The van der Waals surface area contributed by atoms with E-state index in [1.807, 2.05) is 91.9 Å². The Morgan fingerprint density at radius 3 is 2.55 bits per heavy atom. The van der Waals surface area contributed by atoms with E-state index < -0.39 is 18.1 Å². The highest BCUT2D eigenvalue weighted by molar-refractivity contribution is 5.92. The van der Waals surface area contributed by atoms with Gasteiger partial charge in [0, 0.05) is 28.8 Å². The Morgan fingerprint density at radius 1 is 1.05 bits per heavy atom. The number of H-pyrrole nitrogens is 1. The highest BCUT2D eigenvalue weighted by Gasteiger charge is 2.31. The lowest BCUT2D eigenvalue weighted by Gasteiger charge is -2.34. The molecule has 3 aromatic carbocycles. The van der Waals surface area contributed by atoms with Gasteiger partial charge in [-0.05, 0) is 49.6 Å². The van der Waals surface area contributed by atoms with E-state index in [0.717, 1.165) is 34.5 Å². The Balaban J connectivity index is 1.45. The maximum Gasteiger partial charge on any atom is 0.228 e. The van der Waals surface area contributed by atoms with Crippen LogP contribution in [0.5, 0.6) is 11.5 Å². The normalized spacial score (nSPS) is 14.1. The summed E-state index contributed by atoms with van der Waals surface area (Å²) in [4.78, 5) is 27.2. The molecule has 0 saturated carbocycles. The predicted molar refractivity (Wildman–Crippen MR) is 156 cm³/mol. The van der Waals surface area contributed by atoms with E-state index in [9.17, 15) is 14.7 Å². The second-order valence-corrected chi connectivity index (χ2v) is 10.1. The molecule has 2 heterocycles. The predicted octanol–water partition coefficient (Wildman–Crippen LogP) is 5.59. The van der Waals surface area contributed by atoms with E-state index in [-0.39, 0.29) is 12.3 Å². The summed E-state index contributed by atoms with van der Waals surface area (Å²) in [5.41, 5.74) is 4.06. The number of hydrogen-bond donors (Lipinski definition) is 3. The van der Waals surface area contributed by atoms with Crippen LogP contribution in [0.15, 0.2) is 78.9 Å². The number of nitrogens with zero attached hydrogens (tertiary/aromatic N) is 2. The Labute approximate surface area is 233 Å². The van der Waals surface area contributed by atoms with Gasteiger partial charge in [0.25, 0.3) is 0 Å². The molecule has 0 bridgehead atoms. The van der Waals surface area contributed by atoms with Crippen LogP contribution in [0.3, 0.4) is 0 Å². The van der Waals surface area contributed by atoms with Crippen LogP contribution < -0.4 is 15.0 Å². The fraction of sp³-hybridized carbons (Fsp3) is 0.219. The third kappa shape index (κ3) is 5.97. The molecule has 204 valence electrons. The molecule has 0 spiro atoms. The number of nitrogens with one attached hydrogen (secondary N) is 2. The first-order valence-electron chi connectivity index (χ1n) is 13.3. The van der Waals surface area contributed by atoms with E-state index in [0.29, 0.717) is 23.7 Å². The summed E-state index contributed by atoms with van der Waals surface area (Å²) in [6.07, 6.45) is 4.16. The molecule has 0 saturated heterocycles. The molecule has 0 aliphatic carbocycles. The number of aliphatic hydroxyl groups is 1. The molecule has 0 fully saturated rings. The maximum absolute atomic E-state index is 12.9. The minimum atomic E-state index is -1.00. The fourth-order valence-electron chi connectivity index (χ4n) is 4.96. The summed E-state index contributed by atoms with van der Waals surface area (Å²) < 4.78 is 6.22. The number of amides is 2. The molecule has 40 heavy (non-hydrogen) atoms. The number of carbonyl (C=O) groups excluding carboxylic acids is 2. The molecular formula is C32H32N4O4. The first-order valence-corrected chi connectivity index (χ1v) is 13.3. The topological polar surface area (TPSA) is 108 Å². The monoisotopic (exact) mass is 536 g/mol. The van der Waals surface area contributed by atoms with Crippen LogP contribution in [-0.4, -0.2) is 39.8 Å². The molecule has 2 amide bonds. The minimum Gasteiger partial charge on any atom is -0.456 e. The number of aryl methyl sites for hydroxylation is 1.